The molecule has 1 aromatic heterocycles. The second-order valence-corrected chi connectivity index (χ2v) is 4.80. The first-order chi connectivity index (χ1) is 9.83. The molecule has 104 valence electrons. The number of aromatic nitrogens is 4. The van der Waals surface area contributed by atoms with Gasteiger partial charge in [0.1, 0.15) is 6.33 Å². The van der Waals surface area contributed by atoms with Crippen molar-refractivity contribution >= 4 is 11.6 Å². The predicted octanol–water partition coefficient (Wildman–Crippen LogP) is 0.743. The van der Waals surface area contributed by atoms with Crippen LogP contribution in [0.5, 0.6) is 0 Å². The number of tetrazole rings is 1. The summed E-state index contributed by atoms with van der Waals surface area (Å²) in [5.74, 6) is -0.0151. The minimum atomic E-state index is -0.0151. The fraction of sp³-hybridized carbons (Fsp3) is 0.385. The molecule has 3 rings (SSSR count). The fourth-order valence-corrected chi connectivity index (χ4v) is 1.94. The van der Waals surface area contributed by atoms with Crippen LogP contribution in [0.3, 0.4) is 0 Å². The highest BCUT2D eigenvalue weighted by atomic mass is 16.1. The van der Waals surface area contributed by atoms with E-state index in [2.05, 4.69) is 26.2 Å². The molecule has 2 aromatic rings. The molecule has 1 saturated carbocycles. The molecule has 1 fully saturated rings. The van der Waals surface area contributed by atoms with Crippen molar-refractivity contribution in [3.63, 3.8) is 0 Å². The number of rotatable bonds is 6. The average molecular weight is 272 g/mol. The SMILES string of the molecule is O=C(CCNC1CC1)Nc1ccccc1-n1cnnn1. The van der Waals surface area contributed by atoms with Gasteiger partial charge in [0.2, 0.25) is 5.91 Å². The zero-order valence-electron chi connectivity index (χ0n) is 11.0. The number of amides is 1. The first-order valence-electron chi connectivity index (χ1n) is 6.68. The first-order valence-corrected chi connectivity index (χ1v) is 6.68. The minimum Gasteiger partial charge on any atom is -0.324 e. The van der Waals surface area contributed by atoms with Gasteiger partial charge in [-0.15, -0.1) is 5.10 Å². The van der Waals surface area contributed by atoms with Gasteiger partial charge in [-0.1, -0.05) is 12.1 Å². The Kier molecular flexibility index (Phi) is 3.69. The standard InChI is InChI=1S/C13H16N6O/c20-13(7-8-14-10-5-6-10)16-11-3-1-2-4-12(11)19-9-15-17-18-19/h1-4,9-10,14H,5-8H2,(H,16,20). The molecule has 1 aromatic carbocycles. The molecule has 0 saturated heterocycles. The van der Waals surface area contributed by atoms with E-state index in [1.807, 2.05) is 24.3 Å². The Morgan fingerprint density at radius 3 is 2.95 bits per heavy atom. The Morgan fingerprint density at radius 2 is 2.20 bits per heavy atom. The van der Waals surface area contributed by atoms with Gasteiger partial charge in [-0.25, -0.2) is 0 Å². The molecule has 0 unspecified atom stereocenters. The smallest absolute Gasteiger partial charge is 0.225 e. The summed E-state index contributed by atoms with van der Waals surface area (Å²) in [6, 6.07) is 8.06. The summed E-state index contributed by atoms with van der Waals surface area (Å²) in [6.07, 6.45) is 4.41. The lowest BCUT2D eigenvalue weighted by Crippen LogP contribution is -2.23. The van der Waals surface area contributed by atoms with E-state index in [4.69, 9.17) is 0 Å². The summed E-state index contributed by atoms with van der Waals surface area (Å²) in [5.41, 5.74) is 1.46. The zero-order chi connectivity index (χ0) is 13.8. The molecule has 2 N–H and O–H groups in total. The molecule has 0 atom stereocenters. The van der Waals surface area contributed by atoms with E-state index < -0.39 is 0 Å². The summed E-state index contributed by atoms with van der Waals surface area (Å²) in [7, 11) is 0. The molecule has 7 nitrogen and oxygen atoms in total. The lowest BCUT2D eigenvalue weighted by atomic mass is 10.2. The lowest BCUT2D eigenvalue weighted by molar-refractivity contribution is -0.116. The third kappa shape index (κ3) is 3.18. The van der Waals surface area contributed by atoms with Gasteiger partial charge < -0.3 is 10.6 Å². The normalized spacial score (nSPS) is 14.2. The van der Waals surface area contributed by atoms with Crippen molar-refractivity contribution in [3.8, 4) is 5.69 Å². The number of para-hydroxylation sites is 2. The number of benzene rings is 1. The third-order valence-corrected chi connectivity index (χ3v) is 3.14. The summed E-state index contributed by atoms with van der Waals surface area (Å²) in [4.78, 5) is 11.9. The van der Waals surface area contributed by atoms with Crippen LogP contribution in [0, 0.1) is 0 Å². The van der Waals surface area contributed by atoms with Crippen molar-refractivity contribution in [1.82, 2.24) is 25.5 Å². The predicted molar refractivity (Wildman–Crippen MR) is 73.4 cm³/mol. The summed E-state index contributed by atoms with van der Waals surface area (Å²) in [6.45, 7) is 0.712. The number of anilines is 1. The average Bonchev–Trinajstić information content (AvgIpc) is 3.11. The van der Waals surface area contributed by atoms with Crippen LogP contribution in [0.1, 0.15) is 19.3 Å². The zero-order valence-corrected chi connectivity index (χ0v) is 11.0. The Bertz CT molecular complexity index is 578. The Hall–Kier alpha value is -2.28. The molecule has 0 aliphatic heterocycles. The van der Waals surface area contributed by atoms with Crippen LogP contribution in [0.25, 0.3) is 5.69 Å². The highest BCUT2D eigenvalue weighted by Crippen LogP contribution is 2.19. The lowest BCUT2D eigenvalue weighted by Gasteiger charge is -2.10. The molecule has 1 amide bonds. The van der Waals surface area contributed by atoms with Gasteiger partial charge in [-0.2, -0.15) is 4.68 Å². The van der Waals surface area contributed by atoms with Crippen molar-refractivity contribution in [1.29, 1.82) is 0 Å². The van der Waals surface area contributed by atoms with Crippen LogP contribution in [0.15, 0.2) is 30.6 Å². The van der Waals surface area contributed by atoms with E-state index >= 15 is 0 Å². The Balaban J connectivity index is 1.62. The Labute approximate surface area is 116 Å². The largest absolute Gasteiger partial charge is 0.324 e. The maximum atomic E-state index is 11.9. The maximum absolute atomic E-state index is 11.9. The van der Waals surface area contributed by atoms with Crippen molar-refractivity contribution in [2.24, 2.45) is 0 Å². The molecular weight excluding hydrogens is 256 g/mol. The highest BCUT2D eigenvalue weighted by molar-refractivity contribution is 5.92. The van der Waals surface area contributed by atoms with Crippen molar-refractivity contribution in [2.75, 3.05) is 11.9 Å². The number of nitrogens with one attached hydrogen (secondary N) is 2. The van der Waals surface area contributed by atoms with E-state index in [1.165, 1.54) is 23.9 Å². The summed E-state index contributed by atoms with van der Waals surface area (Å²) >= 11 is 0. The summed E-state index contributed by atoms with van der Waals surface area (Å²) < 4.78 is 1.53. The Morgan fingerprint density at radius 1 is 1.35 bits per heavy atom. The molecule has 1 aliphatic carbocycles. The van der Waals surface area contributed by atoms with E-state index in [-0.39, 0.29) is 5.91 Å². The van der Waals surface area contributed by atoms with Gasteiger partial charge in [-0.3, -0.25) is 4.79 Å². The van der Waals surface area contributed by atoms with Crippen LogP contribution < -0.4 is 10.6 Å². The van der Waals surface area contributed by atoms with Crippen LogP contribution in [-0.2, 0) is 4.79 Å². The van der Waals surface area contributed by atoms with Crippen molar-refractivity contribution in [2.45, 2.75) is 25.3 Å². The molecule has 1 aliphatic rings. The number of carbonyl (C=O) groups is 1. The van der Waals surface area contributed by atoms with E-state index in [0.29, 0.717) is 24.7 Å². The number of carbonyl (C=O) groups excluding carboxylic acids is 1. The molecule has 0 bridgehead atoms. The van der Waals surface area contributed by atoms with Gasteiger partial charge >= 0.3 is 0 Å². The number of hydrogen-bond acceptors (Lipinski definition) is 5. The molecular formula is C13H16N6O. The topological polar surface area (TPSA) is 84.7 Å². The van der Waals surface area contributed by atoms with Crippen molar-refractivity contribution < 1.29 is 4.79 Å². The highest BCUT2D eigenvalue weighted by Gasteiger charge is 2.20. The number of nitrogens with zero attached hydrogens (tertiary/aromatic N) is 4. The molecule has 0 spiro atoms. The van der Waals surface area contributed by atoms with E-state index in [9.17, 15) is 4.79 Å². The van der Waals surface area contributed by atoms with Gasteiger partial charge in [0.25, 0.3) is 0 Å². The van der Waals surface area contributed by atoms with Crippen LogP contribution in [0.4, 0.5) is 5.69 Å². The monoisotopic (exact) mass is 272 g/mol. The van der Waals surface area contributed by atoms with Crippen LogP contribution in [0.2, 0.25) is 0 Å². The van der Waals surface area contributed by atoms with E-state index in [0.717, 1.165) is 5.69 Å². The molecule has 7 heteroatoms. The summed E-state index contributed by atoms with van der Waals surface area (Å²) in [5, 5.41) is 17.3. The van der Waals surface area contributed by atoms with Crippen LogP contribution in [-0.4, -0.2) is 38.7 Å². The second-order valence-electron chi connectivity index (χ2n) is 4.80. The molecule has 1 heterocycles. The fourth-order valence-electron chi connectivity index (χ4n) is 1.94. The second kappa shape index (κ2) is 5.79. The van der Waals surface area contributed by atoms with Gasteiger partial charge in [-0.05, 0) is 35.4 Å². The maximum Gasteiger partial charge on any atom is 0.225 e. The minimum absolute atomic E-state index is 0.0151. The van der Waals surface area contributed by atoms with Gasteiger partial charge in [0.15, 0.2) is 0 Å². The van der Waals surface area contributed by atoms with E-state index in [1.54, 1.807) is 0 Å². The molecule has 0 radical (unpaired) electrons. The van der Waals surface area contributed by atoms with Crippen LogP contribution >= 0.6 is 0 Å². The first kappa shape index (κ1) is 12.7. The number of hydrogen-bond donors (Lipinski definition) is 2. The van der Waals surface area contributed by atoms with Gasteiger partial charge in [0.05, 0.1) is 11.4 Å². The quantitative estimate of drug-likeness (QED) is 0.810. The van der Waals surface area contributed by atoms with Gasteiger partial charge in [0, 0.05) is 19.0 Å². The van der Waals surface area contributed by atoms with Crippen molar-refractivity contribution in [3.05, 3.63) is 30.6 Å². The third-order valence-electron chi connectivity index (χ3n) is 3.14. The molecule has 20 heavy (non-hydrogen) atoms.